The van der Waals surface area contributed by atoms with Gasteiger partial charge < -0.3 is 5.11 Å². The van der Waals surface area contributed by atoms with Crippen molar-refractivity contribution in [3.63, 3.8) is 0 Å². The van der Waals surface area contributed by atoms with Crippen LogP contribution in [0.15, 0.2) is 47.4 Å². The van der Waals surface area contributed by atoms with Crippen LogP contribution in [0.3, 0.4) is 0 Å². The first-order valence-electron chi connectivity index (χ1n) is 7.29. The number of carboxylic acids is 1. The fourth-order valence-corrected chi connectivity index (χ4v) is 2.89. The number of hydrogen-bond acceptors (Lipinski definition) is 2. The van der Waals surface area contributed by atoms with Crippen molar-refractivity contribution >= 4 is 17.7 Å². The average Bonchev–Trinajstić information content (AvgIpc) is 2.46. The topological polar surface area (TPSA) is 37.3 Å². The predicted molar refractivity (Wildman–Crippen MR) is 86.3 cm³/mol. The van der Waals surface area contributed by atoms with Crippen molar-refractivity contribution in [1.82, 2.24) is 0 Å². The van der Waals surface area contributed by atoms with E-state index < -0.39 is 5.97 Å². The lowest BCUT2D eigenvalue weighted by Gasteiger charge is -2.03. The maximum Gasteiger partial charge on any atom is 0.330 e. The van der Waals surface area contributed by atoms with E-state index in [4.69, 9.17) is 5.11 Å². The van der Waals surface area contributed by atoms with Gasteiger partial charge in [-0.25, -0.2) is 4.79 Å². The Morgan fingerprint density at radius 2 is 1.60 bits per heavy atom. The number of unbranched alkanes of at least 4 members (excludes halogenated alkanes) is 5. The molecule has 0 amide bonds. The van der Waals surface area contributed by atoms with E-state index >= 15 is 0 Å². The third-order valence-corrected chi connectivity index (χ3v) is 4.29. The van der Waals surface area contributed by atoms with Gasteiger partial charge in [-0.3, -0.25) is 0 Å². The minimum Gasteiger partial charge on any atom is -0.478 e. The number of hydrogen-bond donors (Lipinski definition) is 1. The van der Waals surface area contributed by atoms with Crippen LogP contribution in [0.4, 0.5) is 0 Å². The van der Waals surface area contributed by atoms with Crippen LogP contribution < -0.4 is 0 Å². The van der Waals surface area contributed by atoms with Crippen LogP contribution in [0.5, 0.6) is 0 Å². The molecule has 0 unspecified atom stereocenters. The Morgan fingerprint density at radius 3 is 2.25 bits per heavy atom. The van der Waals surface area contributed by atoms with Crippen molar-refractivity contribution < 1.29 is 9.90 Å². The molecule has 0 radical (unpaired) electrons. The second-order valence-corrected chi connectivity index (χ2v) is 6.11. The molecule has 20 heavy (non-hydrogen) atoms. The van der Waals surface area contributed by atoms with Crippen molar-refractivity contribution in [1.29, 1.82) is 0 Å². The van der Waals surface area contributed by atoms with Gasteiger partial charge in [0.1, 0.15) is 0 Å². The summed E-state index contributed by atoms with van der Waals surface area (Å²) in [5, 5.41) is 8.67. The van der Waals surface area contributed by atoms with Crippen LogP contribution >= 0.6 is 11.8 Å². The van der Waals surface area contributed by atoms with E-state index in [0.717, 1.165) is 12.8 Å². The maximum atomic E-state index is 10.6. The Labute approximate surface area is 126 Å². The second kappa shape index (κ2) is 10.6. The van der Waals surface area contributed by atoms with Crippen LogP contribution in [-0.4, -0.2) is 16.8 Å². The molecule has 0 heterocycles. The molecule has 110 valence electrons. The Kier molecular flexibility index (Phi) is 8.88. The van der Waals surface area contributed by atoms with Crippen molar-refractivity contribution in [2.75, 3.05) is 5.75 Å². The number of rotatable bonds is 11. The van der Waals surface area contributed by atoms with Gasteiger partial charge in [0, 0.05) is 10.5 Å². The summed E-state index contributed by atoms with van der Waals surface area (Å²) in [5.74, 6) is 0.322. The van der Waals surface area contributed by atoms with Crippen LogP contribution in [-0.2, 0) is 4.79 Å². The van der Waals surface area contributed by atoms with E-state index in [2.05, 4.69) is 30.8 Å². The molecule has 0 aliphatic heterocycles. The van der Waals surface area contributed by atoms with Crippen molar-refractivity contribution in [2.45, 2.75) is 49.8 Å². The number of thioether (sulfide) groups is 1. The SMILES string of the molecule is C=C(CCCCCCCCSc1ccccc1)C(=O)O. The van der Waals surface area contributed by atoms with Gasteiger partial charge in [0.15, 0.2) is 0 Å². The Balaban J connectivity index is 1.88. The van der Waals surface area contributed by atoms with Gasteiger partial charge in [-0.1, -0.05) is 50.5 Å². The molecule has 1 N–H and O–H groups in total. The Hall–Kier alpha value is -1.22. The number of carbonyl (C=O) groups is 1. The molecule has 1 rings (SSSR count). The van der Waals surface area contributed by atoms with Gasteiger partial charge in [-0.15, -0.1) is 11.8 Å². The van der Waals surface area contributed by atoms with E-state index in [-0.39, 0.29) is 0 Å². The zero-order chi connectivity index (χ0) is 14.6. The third kappa shape index (κ3) is 8.05. The minimum absolute atomic E-state index is 0.337. The van der Waals surface area contributed by atoms with Crippen molar-refractivity contribution in [3.05, 3.63) is 42.5 Å². The monoisotopic (exact) mass is 292 g/mol. The molecular weight excluding hydrogens is 268 g/mol. The van der Waals surface area contributed by atoms with Gasteiger partial charge >= 0.3 is 5.97 Å². The average molecular weight is 292 g/mol. The van der Waals surface area contributed by atoms with Crippen molar-refractivity contribution in [2.24, 2.45) is 0 Å². The van der Waals surface area contributed by atoms with Crippen molar-refractivity contribution in [3.8, 4) is 0 Å². The molecule has 1 aromatic carbocycles. The molecule has 3 heteroatoms. The quantitative estimate of drug-likeness (QED) is 0.348. The fourth-order valence-electron chi connectivity index (χ4n) is 1.96. The highest BCUT2D eigenvalue weighted by Crippen LogP contribution is 2.19. The summed E-state index contributed by atoms with van der Waals surface area (Å²) in [7, 11) is 0. The molecule has 0 bridgehead atoms. The second-order valence-electron chi connectivity index (χ2n) is 4.94. The normalized spacial score (nSPS) is 10.4. The summed E-state index contributed by atoms with van der Waals surface area (Å²) in [5.41, 5.74) is 0.337. The largest absolute Gasteiger partial charge is 0.478 e. The molecule has 1 aromatic rings. The minimum atomic E-state index is -0.858. The smallest absolute Gasteiger partial charge is 0.330 e. The van der Waals surface area contributed by atoms with Gasteiger partial charge in [-0.2, -0.15) is 0 Å². The predicted octanol–water partition coefficient (Wildman–Crippen LogP) is 5.15. The molecule has 0 saturated heterocycles. The maximum absolute atomic E-state index is 10.6. The highest BCUT2D eigenvalue weighted by molar-refractivity contribution is 7.99. The van der Waals surface area contributed by atoms with E-state index in [1.807, 2.05) is 17.8 Å². The molecule has 0 spiro atoms. The van der Waals surface area contributed by atoms with Crippen LogP contribution in [0, 0.1) is 0 Å². The standard InChI is InChI=1S/C17H24O2S/c1-15(17(18)19)11-7-4-2-3-5-10-14-20-16-12-8-6-9-13-16/h6,8-9,12-13H,1-5,7,10-11,14H2,(H,18,19). The molecule has 0 atom stereocenters. The van der Waals surface area contributed by atoms with E-state index in [0.29, 0.717) is 12.0 Å². The molecular formula is C17H24O2S. The Morgan fingerprint density at radius 1 is 1.00 bits per heavy atom. The van der Waals surface area contributed by atoms with Gasteiger partial charge in [0.25, 0.3) is 0 Å². The first-order valence-corrected chi connectivity index (χ1v) is 8.27. The zero-order valence-electron chi connectivity index (χ0n) is 12.0. The fraction of sp³-hybridized carbons (Fsp3) is 0.471. The van der Waals surface area contributed by atoms with Gasteiger partial charge in [-0.05, 0) is 37.1 Å². The molecule has 0 aliphatic carbocycles. The molecule has 0 fully saturated rings. The lowest BCUT2D eigenvalue weighted by Crippen LogP contribution is -1.98. The van der Waals surface area contributed by atoms with E-state index in [1.54, 1.807) is 0 Å². The molecule has 0 aliphatic rings. The van der Waals surface area contributed by atoms with E-state index in [1.165, 1.54) is 36.3 Å². The van der Waals surface area contributed by atoms with Gasteiger partial charge in [0.2, 0.25) is 0 Å². The lowest BCUT2D eigenvalue weighted by atomic mass is 10.1. The summed E-state index contributed by atoms with van der Waals surface area (Å²) in [6, 6.07) is 10.5. The van der Waals surface area contributed by atoms with Gasteiger partial charge in [0.05, 0.1) is 0 Å². The summed E-state index contributed by atoms with van der Waals surface area (Å²) < 4.78 is 0. The summed E-state index contributed by atoms with van der Waals surface area (Å²) >= 11 is 1.92. The highest BCUT2D eigenvalue weighted by Gasteiger charge is 2.02. The highest BCUT2D eigenvalue weighted by atomic mass is 32.2. The molecule has 2 nitrogen and oxygen atoms in total. The number of benzene rings is 1. The number of aliphatic carboxylic acids is 1. The molecule has 0 saturated carbocycles. The first-order chi connectivity index (χ1) is 9.70. The van der Waals surface area contributed by atoms with E-state index in [9.17, 15) is 4.79 Å². The third-order valence-electron chi connectivity index (χ3n) is 3.19. The zero-order valence-corrected chi connectivity index (χ0v) is 12.8. The summed E-state index contributed by atoms with van der Waals surface area (Å²) in [4.78, 5) is 11.9. The lowest BCUT2D eigenvalue weighted by molar-refractivity contribution is -0.132. The summed E-state index contributed by atoms with van der Waals surface area (Å²) in [6.07, 6.45) is 7.64. The Bertz CT molecular complexity index is 401. The first kappa shape index (κ1) is 16.8. The molecule has 0 aromatic heterocycles. The van der Waals surface area contributed by atoms with Crippen LogP contribution in [0.1, 0.15) is 44.9 Å². The van der Waals surface area contributed by atoms with Crippen LogP contribution in [0.25, 0.3) is 0 Å². The number of carboxylic acid groups (broad SMARTS) is 1. The van der Waals surface area contributed by atoms with Crippen LogP contribution in [0.2, 0.25) is 0 Å². The summed E-state index contributed by atoms with van der Waals surface area (Å²) in [6.45, 7) is 3.54.